The second kappa shape index (κ2) is 29.9. The lowest BCUT2D eigenvalue weighted by Gasteiger charge is -2.26. The largest absolute Gasteiger partial charge is 0.370 e. The van der Waals surface area contributed by atoms with Crippen LogP contribution in [-0.4, -0.2) is 113 Å². The Hall–Kier alpha value is -7.19. The molecule has 21 heteroatoms. The number of Topliss-reactive ketones (excluding diaryl/α,β-unsaturated/α-hetero) is 3. The molecule has 0 bridgehead atoms. The molecule has 0 aliphatic rings. The Labute approximate surface area is 428 Å². The molecule has 0 saturated heterocycles. The number of amides is 4. The predicted octanol–water partition coefficient (Wildman–Crippen LogP) is 0.580. The Morgan fingerprint density at radius 1 is 0.403 bits per heavy atom. The first-order chi connectivity index (χ1) is 34.4. The van der Waals surface area contributed by atoms with Gasteiger partial charge in [-0.15, -0.1) is 23.2 Å². The van der Waals surface area contributed by atoms with Gasteiger partial charge in [-0.1, -0.05) is 121 Å². The monoisotopic (exact) mass is 1030 g/mol. The number of carbonyl (C=O) groups is 7. The van der Waals surface area contributed by atoms with Crippen molar-refractivity contribution in [3.63, 3.8) is 0 Å². The Balaban J connectivity index is 1.57. The number of nitrogens with two attached hydrogens (primary N) is 6. The van der Waals surface area contributed by atoms with E-state index in [1.54, 1.807) is 84.9 Å². The number of guanidine groups is 2. The van der Waals surface area contributed by atoms with E-state index < -0.39 is 88.0 Å². The third kappa shape index (κ3) is 19.5. The van der Waals surface area contributed by atoms with Crippen molar-refractivity contribution in [2.75, 3.05) is 13.1 Å². The lowest BCUT2D eigenvalue weighted by atomic mass is 9.95. The summed E-state index contributed by atoms with van der Waals surface area (Å²) in [5, 5.41) is 6.45. The van der Waals surface area contributed by atoms with E-state index in [4.69, 9.17) is 57.6 Å². The second-order valence-electron chi connectivity index (χ2n) is 17.0. The SMILES string of the molecule is NC(N)=NCCCC(NC(=O)C(Cc1ccccc1)NC(=O)[C@H](N)Cc1ccccc1)C(=O)C(Cl)C(=O)C(Cl)C(=O)C(CCCN=C(N)N)NC(=O)C(Cc1ccccc1)NC(=O)[C@H](N)Cc1ccccc1. The molecule has 0 spiro atoms. The summed E-state index contributed by atoms with van der Waals surface area (Å²) < 4.78 is 0. The van der Waals surface area contributed by atoms with Gasteiger partial charge in [0.2, 0.25) is 23.6 Å². The zero-order chi connectivity index (χ0) is 52.6. The Morgan fingerprint density at radius 2 is 0.681 bits per heavy atom. The fraction of sp³-hybridized carbons (Fsp3) is 0.353. The molecular weight excluding hydrogens is 964 g/mol. The van der Waals surface area contributed by atoms with Crippen molar-refractivity contribution in [2.45, 2.75) is 98.4 Å². The molecule has 384 valence electrons. The number of ketones is 3. The third-order valence-corrected chi connectivity index (χ3v) is 12.2. The predicted molar refractivity (Wildman–Crippen MR) is 278 cm³/mol. The molecule has 6 unspecified atom stereocenters. The number of alkyl halides is 2. The lowest BCUT2D eigenvalue weighted by Crippen LogP contribution is -2.57. The molecule has 0 saturated carbocycles. The summed E-state index contributed by atoms with van der Waals surface area (Å²) >= 11 is 13.2. The van der Waals surface area contributed by atoms with E-state index in [0.717, 1.165) is 11.1 Å². The number of nitrogens with one attached hydrogen (secondary N) is 4. The first-order valence-corrected chi connectivity index (χ1v) is 24.2. The van der Waals surface area contributed by atoms with Crippen molar-refractivity contribution in [1.82, 2.24) is 21.3 Å². The van der Waals surface area contributed by atoms with Crippen molar-refractivity contribution >= 4 is 76.1 Å². The van der Waals surface area contributed by atoms with Gasteiger partial charge in [0.25, 0.3) is 0 Å². The van der Waals surface area contributed by atoms with Crippen LogP contribution >= 0.6 is 23.2 Å². The van der Waals surface area contributed by atoms with E-state index >= 15 is 0 Å². The fourth-order valence-electron chi connectivity index (χ4n) is 7.48. The summed E-state index contributed by atoms with van der Waals surface area (Å²) in [5.41, 5.74) is 37.5. The summed E-state index contributed by atoms with van der Waals surface area (Å²) in [6, 6.07) is 28.1. The van der Waals surface area contributed by atoms with E-state index in [1.807, 2.05) is 36.4 Å². The average Bonchev–Trinajstić information content (AvgIpc) is 3.37. The van der Waals surface area contributed by atoms with Gasteiger partial charge in [-0.2, -0.15) is 0 Å². The Kier molecular flexibility index (Phi) is 23.8. The standard InChI is InChI=1S/C51H64Cl2N12O7/c52-41(43(66)37(23-13-25-60-50(56)57)62-48(71)39(29-33-19-9-3-10-20-33)64-46(69)35(54)27-31-15-5-1-6-16-31)45(68)42(53)44(67)38(24-14-26-61-51(58)59)63-49(72)40(30-34-21-11-4-12-22-34)65-47(70)36(55)28-32-17-7-2-8-18-32/h1-12,15-22,35-42H,13-14,23-30,54-55H2,(H,62,71)(H,63,72)(H,64,69)(H,65,70)(H4,56,57,60)(H4,58,59,61)/t35-,36-,37?,38?,39?,40?,41?,42?/m1/s1. The molecule has 4 aromatic carbocycles. The first kappa shape index (κ1) is 57.4. The van der Waals surface area contributed by atoms with Crippen LogP contribution in [0.25, 0.3) is 0 Å². The Morgan fingerprint density at radius 3 is 0.972 bits per heavy atom. The average molecular weight is 1030 g/mol. The van der Waals surface area contributed by atoms with Crippen LogP contribution < -0.4 is 55.7 Å². The highest BCUT2D eigenvalue weighted by Crippen LogP contribution is 2.18. The van der Waals surface area contributed by atoms with E-state index in [2.05, 4.69) is 31.3 Å². The number of benzene rings is 4. The van der Waals surface area contributed by atoms with Gasteiger partial charge in [-0.25, -0.2) is 0 Å². The van der Waals surface area contributed by atoms with Gasteiger partial charge in [0.1, 0.15) is 12.1 Å². The van der Waals surface area contributed by atoms with Gasteiger partial charge < -0.3 is 55.7 Å². The smallest absolute Gasteiger partial charge is 0.243 e. The van der Waals surface area contributed by atoms with Crippen LogP contribution in [0, 0.1) is 0 Å². The van der Waals surface area contributed by atoms with Gasteiger partial charge in [-0.3, -0.25) is 43.5 Å². The van der Waals surface area contributed by atoms with Gasteiger partial charge >= 0.3 is 0 Å². The molecule has 8 atom stereocenters. The number of hydrogen-bond donors (Lipinski definition) is 10. The van der Waals surface area contributed by atoms with Crippen molar-refractivity contribution in [3.05, 3.63) is 144 Å². The molecule has 0 fully saturated rings. The van der Waals surface area contributed by atoms with E-state index in [1.165, 1.54) is 0 Å². The molecule has 72 heavy (non-hydrogen) atoms. The maximum atomic E-state index is 14.3. The van der Waals surface area contributed by atoms with Gasteiger partial charge in [-0.05, 0) is 60.8 Å². The van der Waals surface area contributed by atoms with Gasteiger partial charge in [0.05, 0.1) is 24.2 Å². The molecule has 0 aliphatic heterocycles. The summed E-state index contributed by atoms with van der Waals surface area (Å²) in [5.74, 6) is -6.67. The molecule has 0 heterocycles. The number of nitrogens with zero attached hydrogens (tertiary/aromatic N) is 2. The summed E-state index contributed by atoms with van der Waals surface area (Å²) in [4.78, 5) is 106. The molecule has 4 aromatic rings. The zero-order valence-corrected chi connectivity index (χ0v) is 41.2. The topological polar surface area (TPSA) is 348 Å². The highest BCUT2D eigenvalue weighted by Gasteiger charge is 2.41. The molecule has 4 rings (SSSR count). The van der Waals surface area contributed by atoms with Crippen LogP contribution in [0.1, 0.15) is 47.9 Å². The van der Waals surface area contributed by atoms with Gasteiger partial charge in [0, 0.05) is 25.9 Å². The maximum Gasteiger partial charge on any atom is 0.243 e. The highest BCUT2D eigenvalue weighted by molar-refractivity contribution is 6.53. The molecular formula is C51H64Cl2N12O7. The van der Waals surface area contributed by atoms with Crippen molar-refractivity contribution < 1.29 is 33.6 Å². The third-order valence-electron chi connectivity index (χ3n) is 11.3. The fourth-order valence-corrected chi connectivity index (χ4v) is 8.10. The molecule has 19 nitrogen and oxygen atoms in total. The number of halogens is 2. The van der Waals surface area contributed by atoms with Crippen LogP contribution in [0.3, 0.4) is 0 Å². The minimum absolute atomic E-state index is 0.0143. The lowest BCUT2D eigenvalue weighted by molar-refractivity contribution is -0.135. The number of hydrogen-bond acceptors (Lipinski definition) is 11. The first-order valence-electron chi connectivity index (χ1n) is 23.3. The molecule has 0 aromatic heterocycles. The summed E-state index contributed by atoms with van der Waals surface area (Å²) in [7, 11) is 0. The normalized spacial score (nSPS) is 14.3. The van der Waals surface area contributed by atoms with Crippen LogP contribution in [-0.2, 0) is 59.2 Å². The quantitative estimate of drug-likeness (QED) is 0.0113. The van der Waals surface area contributed by atoms with E-state index in [9.17, 15) is 33.6 Å². The van der Waals surface area contributed by atoms with Crippen LogP contribution in [0.5, 0.6) is 0 Å². The maximum absolute atomic E-state index is 14.3. The summed E-state index contributed by atoms with van der Waals surface area (Å²) in [6.07, 6.45) is 0.226. The van der Waals surface area contributed by atoms with Crippen molar-refractivity contribution in [1.29, 1.82) is 0 Å². The minimum Gasteiger partial charge on any atom is -0.370 e. The second-order valence-corrected chi connectivity index (χ2v) is 17.9. The molecule has 4 amide bonds. The molecule has 0 radical (unpaired) electrons. The van der Waals surface area contributed by atoms with E-state index in [-0.39, 0.29) is 76.4 Å². The van der Waals surface area contributed by atoms with Gasteiger partial charge in [0.15, 0.2) is 40.0 Å². The van der Waals surface area contributed by atoms with Crippen molar-refractivity contribution in [3.8, 4) is 0 Å². The van der Waals surface area contributed by atoms with Crippen LogP contribution in [0.15, 0.2) is 131 Å². The zero-order valence-electron chi connectivity index (χ0n) is 39.7. The Bertz CT molecular complexity index is 2300. The van der Waals surface area contributed by atoms with Crippen LogP contribution in [0.2, 0.25) is 0 Å². The minimum atomic E-state index is -2.11. The van der Waals surface area contributed by atoms with Crippen molar-refractivity contribution in [2.24, 2.45) is 44.4 Å². The van der Waals surface area contributed by atoms with E-state index in [0.29, 0.717) is 11.1 Å². The number of rotatable bonds is 30. The van der Waals surface area contributed by atoms with Crippen LogP contribution in [0.4, 0.5) is 0 Å². The number of carbonyl (C=O) groups excluding carboxylic acids is 7. The molecule has 16 N–H and O–H groups in total. The summed E-state index contributed by atoms with van der Waals surface area (Å²) in [6.45, 7) is 0.0356. The number of aliphatic imine (C=N–C) groups is 2. The highest BCUT2D eigenvalue weighted by atomic mass is 35.5. The molecule has 0 aliphatic carbocycles.